The molecular formula is C28H15BrN2O2. The number of benzene rings is 5. The Morgan fingerprint density at radius 3 is 1.61 bits per heavy atom. The molecular weight excluding hydrogens is 476 g/mol. The van der Waals surface area contributed by atoms with Crippen LogP contribution in [-0.4, -0.2) is 9.97 Å². The van der Waals surface area contributed by atoms with Crippen LogP contribution >= 0.6 is 15.9 Å². The average molecular weight is 491 g/mol. The summed E-state index contributed by atoms with van der Waals surface area (Å²) in [5.41, 5.74) is 1.39. The highest BCUT2D eigenvalue weighted by Gasteiger charge is 2.15. The van der Waals surface area contributed by atoms with E-state index >= 15 is 0 Å². The number of aromatic amines is 2. The van der Waals surface area contributed by atoms with Gasteiger partial charge >= 0.3 is 0 Å². The van der Waals surface area contributed by atoms with Gasteiger partial charge in [0, 0.05) is 38.4 Å². The van der Waals surface area contributed by atoms with Crippen LogP contribution in [0.4, 0.5) is 0 Å². The quantitative estimate of drug-likeness (QED) is 0.231. The molecule has 0 fully saturated rings. The van der Waals surface area contributed by atoms with E-state index in [1.807, 2.05) is 24.3 Å². The Hall–Kier alpha value is -3.96. The summed E-state index contributed by atoms with van der Waals surface area (Å²) >= 11 is 3.80. The third-order valence-corrected chi connectivity index (χ3v) is 7.25. The molecule has 33 heavy (non-hydrogen) atoms. The second kappa shape index (κ2) is 6.53. The number of fused-ring (bicyclic) bond motifs is 11. The van der Waals surface area contributed by atoms with Crippen LogP contribution in [0, 0.1) is 0 Å². The highest BCUT2D eigenvalue weighted by molar-refractivity contribution is 9.10. The summed E-state index contributed by atoms with van der Waals surface area (Å²) in [4.78, 5) is 30.0. The summed E-state index contributed by atoms with van der Waals surface area (Å²) in [6.45, 7) is 0. The van der Waals surface area contributed by atoms with Crippen LogP contribution in [0.1, 0.15) is 0 Å². The highest BCUT2D eigenvalue weighted by Crippen LogP contribution is 2.43. The summed E-state index contributed by atoms with van der Waals surface area (Å²) in [6, 6.07) is 25.7. The van der Waals surface area contributed by atoms with Crippen molar-refractivity contribution in [3.8, 4) is 0 Å². The normalized spacial score (nSPS) is 12.0. The van der Waals surface area contributed by atoms with Crippen LogP contribution in [0.15, 0.2) is 92.9 Å². The van der Waals surface area contributed by atoms with E-state index in [-0.39, 0.29) is 11.1 Å². The highest BCUT2D eigenvalue weighted by atomic mass is 79.9. The van der Waals surface area contributed by atoms with Crippen molar-refractivity contribution in [3.63, 3.8) is 0 Å². The maximum absolute atomic E-state index is 12.0. The maximum Gasteiger partial charge on any atom is 0.248 e. The standard InChI is InChI=1S/C28H15BrN2O2/c29-20-13-16-2-1-14-4-9-21-18(7-11-23(32)30-21)25(14)27(16)28-17(20)6-3-15-5-10-22-19(26(15)28)8-12-24(33)31-22/h1-13H,(H,30,32)(H,31,33). The van der Waals surface area contributed by atoms with Crippen LogP contribution < -0.4 is 11.1 Å². The van der Waals surface area contributed by atoms with Crippen LogP contribution in [0.3, 0.4) is 0 Å². The molecule has 156 valence electrons. The molecule has 0 aliphatic heterocycles. The molecule has 5 aromatic carbocycles. The summed E-state index contributed by atoms with van der Waals surface area (Å²) in [5.74, 6) is 0. The van der Waals surface area contributed by atoms with Gasteiger partial charge in [-0.3, -0.25) is 9.59 Å². The number of hydrogen-bond donors (Lipinski definition) is 2. The second-order valence-corrected chi connectivity index (χ2v) is 9.26. The molecule has 0 aliphatic carbocycles. The first-order valence-corrected chi connectivity index (χ1v) is 11.4. The van der Waals surface area contributed by atoms with Gasteiger partial charge in [0.2, 0.25) is 11.1 Å². The molecule has 2 aromatic heterocycles. The van der Waals surface area contributed by atoms with E-state index in [1.165, 1.54) is 0 Å². The molecule has 5 heteroatoms. The average Bonchev–Trinajstić information content (AvgIpc) is 2.82. The number of rotatable bonds is 0. The zero-order valence-electron chi connectivity index (χ0n) is 17.2. The van der Waals surface area contributed by atoms with E-state index < -0.39 is 0 Å². The molecule has 7 aromatic rings. The molecule has 0 atom stereocenters. The minimum absolute atomic E-state index is 0.116. The summed E-state index contributed by atoms with van der Waals surface area (Å²) < 4.78 is 1.02. The lowest BCUT2D eigenvalue weighted by molar-refractivity contribution is 1.31. The monoisotopic (exact) mass is 490 g/mol. The van der Waals surface area contributed by atoms with Gasteiger partial charge in [0.1, 0.15) is 0 Å². The summed E-state index contributed by atoms with van der Waals surface area (Å²) in [6.07, 6.45) is 0. The predicted octanol–water partition coefficient (Wildman–Crippen LogP) is 6.74. The Morgan fingerprint density at radius 2 is 0.970 bits per heavy atom. The molecule has 2 N–H and O–H groups in total. The number of nitrogens with one attached hydrogen (secondary N) is 2. The van der Waals surface area contributed by atoms with Crippen LogP contribution in [0.25, 0.3) is 64.9 Å². The Morgan fingerprint density at radius 1 is 0.485 bits per heavy atom. The molecule has 4 nitrogen and oxygen atoms in total. The van der Waals surface area contributed by atoms with E-state index in [0.717, 1.165) is 69.4 Å². The Balaban J connectivity index is 1.89. The molecule has 7 rings (SSSR count). The van der Waals surface area contributed by atoms with Crippen molar-refractivity contribution in [2.45, 2.75) is 0 Å². The molecule has 0 saturated carbocycles. The Bertz CT molecular complexity index is 2090. The van der Waals surface area contributed by atoms with E-state index in [9.17, 15) is 9.59 Å². The molecule has 0 spiro atoms. The molecule has 0 amide bonds. The SMILES string of the molecule is O=c1ccc2c(ccc3ccc4cc(Br)c5ccc6ccc7[nH]c(=O)ccc7c6c5c4c32)[nH]1. The van der Waals surface area contributed by atoms with E-state index in [2.05, 4.69) is 68.4 Å². The van der Waals surface area contributed by atoms with Crippen LogP contribution in [0.5, 0.6) is 0 Å². The minimum Gasteiger partial charge on any atom is -0.322 e. The van der Waals surface area contributed by atoms with Crippen LogP contribution in [0.2, 0.25) is 0 Å². The van der Waals surface area contributed by atoms with Crippen molar-refractivity contribution in [2.75, 3.05) is 0 Å². The third-order valence-electron chi connectivity index (χ3n) is 6.59. The van der Waals surface area contributed by atoms with Crippen molar-refractivity contribution in [3.05, 3.63) is 104 Å². The lowest BCUT2D eigenvalue weighted by atomic mass is 9.90. The number of hydrogen-bond acceptors (Lipinski definition) is 2. The van der Waals surface area contributed by atoms with Crippen LogP contribution in [-0.2, 0) is 0 Å². The van der Waals surface area contributed by atoms with Crippen molar-refractivity contribution >= 4 is 80.8 Å². The first-order valence-electron chi connectivity index (χ1n) is 10.6. The summed E-state index contributed by atoms with van der Waals surface area (Å²) in [5, 5.41) is 10.9. The Labute approximate surface area is 194 Å². The number of pyridine rings is 2. The molecule has 0 aliphatic rings. The topological polar surface area (TPSA) is 65.7 Å². The molecule has 0 radical (unpaired) electrons. The van der Waals surface area contributed by atoms with Gasteiger partial charge in [-0.2, -0.15) is 0 Å². The fourth-order valence-electron chi connectivity index (χ4n) is 5.20. The lowest BCUT2D eigenvalue weighted by Crippen LogP contribution is -2.02. The van der Waals surface area contributed by atoms with Gasteiger partial charge in [-0.25, -0.2) is 0 Å². The molecule has 0 saturated heterocycles. The van der Waals surface area contributed by atoms with Crippen molar-refractivity contribution in [1.82, 2.24) is 9.97 Å². The van der Waals surface area contributed by atoms with Gasteiger partial charge in [-0.1, -0.05) is 52.3 Å². The second-order valence-electron chi connectivity index (χ2n) is 8.41. The van der Waals surface area contributed by atoms with Gasteiger partial charge in [-0.15, -0.1) is 0 Å². The van der Waals surface area contributed by atoms with Crippen molar-refractivity contribution in [1.29, 1.82) is 0 Å². The number of halogens is 1. The number of aromatic nitrogens is 2. The predicted molar refractivity (Wildman–Crippen MR) is 140 cm³/mol. The number of H-pyrrole nitrogens is 2. The smallest absolute Gasteiger partial charge is 0.248 e. The van der Waals surface area contributed by atoms with Gasteiger partial charge in [0.25, 0.3) is 0 Å². The van der Waals surface area contributed by atoms with Gasteiger partial charge < -0.3 is 9.97 Å². The molecule has 0 bridgehead atoms. The van der Waals surface area contributed by atoms with Gasteiger partial charge in [0.15, 0.2) is 0 Å². The zero-order valence-corrected chi connectivity index (χ0v) is 18.8. The van der Waals surface area contributed by atoms with Gasteiger partial charge in [0.05, 0.1) is 0 Å². The fourth-order valence-corrected chi connectivity index (χ4v) is 5.78. The third kappa shape index (κ3) is 2.57. The first kappa shape index (κ1) is 18.6. The summed E-state index contributed by atoms with van der Waals surface area (Å²) in [7, 11) is 0. The van der Waals surface area contributed by atoms with E-state index in [1.54, 1.807) is 12.1 Å². The fraction of sp³-hybridized carbons (Fsp3) is 0. The molecule has 0 unspecified atom stereocenters. The minimum atomic E-state index is -0.117. The van der Waals surface area contributed by atoms with Crippen molar-refractivity contribution < 1.29 is 0 Å². The molecule has 2 heterocycles. The zero-order chi connectivity index (χ0) is 22.3. The lowest BCUT2D eigenvalue weighted by Gasteiger charge is -2.15. The Kier molecular flexibility index (Phi) is 3.68. The first-order chi connectivity index (χ1) is 16.1. The maximum atomic E-state index is 12.0. The largest absolute Gasteiger partial charge is 0.322 e. The van der Waals surface area contributed by atoms with Crippen molar-refractivity contribution in [2.24, 2.45) is 0 Å². The van der Waals surface area contributed by atoms with E-state index in [4.69, 9.17) is 0 Å². The van der Waals surface area contributed by atoms with Gasteiger partial charge in [-0.05, 0) is 73.4 Å². The van der Waals surface area contributed by atoms with E-state index in [0.29, 0.717) is 0 Å².